The molecule has 1 saturated heterocycles. The standard InChI is InChI=1S/C21H20F5N5O/c1-13-3-5-14(6-4-13)16-11-17(20(22,23)21(24,25)26)31-18(28-16)15(12-27-31)19(32)30-9-7-29(2)8-10-30/h3-6,11-12H,7-10H2,1-2H3. The maximum absolute atomic E-state index is 14.4. The average Bonchev–Trinajstić information content (AvgIpc) is 3.16. The molecule has 11 heteroatoms. The fraction of sp³-hybridized carbons (Fsp3) is 0.381. The predicted molar refractivity (Wildman–Crippen MR) is 107 cm³/mol. The number of hydrogen-bond acceptors (Lipinski definition) is 4. The van der Waals surface area contributed by atoms with Gasteiger partial charge in [-0.3, -0.25) is 4.79 Å². The number of alkyl halides is 5. The summed E-state index contributed by atoms with van der Waals surface area (Å²) >= 11 is 0. The molecule has 4 rings (SSSR count). The van der Waals surface area contributed by atoms with Gasteiger partial charge in [-0.25, -0.2) is 9.50 Å². The number of aromatic nitrogens is 3. The van der Waals surface area contributed by atoms with Crippen LogP contribution in [0.3, 0.4) is 0 Å². The molecule has 170 valence electrons. The molecule has 1 amide bonds. The molecule has 3 aromatic rings. The molecule has 0 spiro atoms. The van der Waals surface area contributed by atoms with Crippen LogP contribution in [0, 0.1) is 6.92 Å². The molecule has 0 atom stereocenters. The van der Waals surface area contributed by atoms with Crippen molar-refractivity contribution in [2.75, 3.05) is 33.2 Å². The Morgan fingerprint density at radius 2 is 1.62 bits per heavy atom. The maximum atomic E-state index is 14.4. The van der Waals surface area contributed by atoms with E-state index < -0.39 is 23.7 Å². The summed E-state index contributed by atoms with van der Waals surface area (Å²) in [6.45, 7) is 3.84. The number of hydrogen-bond donors (Lipinski definition) is 0. The van der Waals surface area contributed by atoms with Crippen molar-refractivity contribution in [3.05, 3.63) is 53.3 Å². The molecule has 1 fully saturated rings. The third-order valence-electron chi connectivity index (χ3n) is 5.52. The first kappa shape index (κ1) is 22.1. The molecule has 6 nitrogen and oxygen atoms in total. The summed E-state index contributed by atoms with van der Waals surface area (Å²) in [7, 11) is 1.90. The summed E-state index contributed by atoms with van der Waals surface area (Å²) in [4.78, 5) is 20.8. The van der Waals surface area contributed by atoms with Crippen LogP contribution in [0.5, 0.6) is 0 Å². The van der Waals surface area contributed by atoms with Gasteiger partial charge < -0.3 is 9.80 Å². The minimum absolute atomic E-state index is 0.107. The zero-order valence-corrected chi connectivity index (χ0v) is 17.3. The molecule has 32 heavy (non-hydrogen) atoms. The number of likely N-dealkylation sites (N-methyl/N-ethyl adjacent to an activating group) is 1. The first-order chi connectivity index (χ1) is 15.0. The number of halogens is 5. The molecule has 0 radical (unpaired) electrons. The second-order valence-electron chi connectivity index (χ2n) is 7.85. The summed E-state index contributed by atoms with van der Waals surface area (Å²) in [5.74, 6) is -5.71. The third-order valence-corrected chi connectivity index (χ3v) is 5.52. The highest BCUT2D eigenvalue weighted by Crippen LogP contribution is 2.44. The Morgan fingerprint density at radius 3 is 2.22 bits per heavy atom. The molecular formula is C21H20F5N5O. The zero-order valence-electron chi connectivity index (χ0n) is 17.3. The van der Waals surface area contributed by atoms with Gasteiger partial charge in [-0.2, -0.15) is 27.1 Å². The molecule has 0 bridgehead atoms. The highest BCUT2D eigenvalue weighted by atomic mass is 19.4. The fourth-order valence-corrected chi connectivity index (χ4v) is 3.53. The Hall–Kier alpha value is -3.08. The van der Waals surface area contributed by atoms with Crippen molar-refractivity contribution >= 4 is 11.6 Å². The summed E-state index contributed by atoms with van der Waals surface area (Å²) in [5, 5.41) is 3.69. The number of amides is 1. The third kappa shape index (κ3) is 3.81. The lowest BCUT2D eigenvalue weighted by Gasteiger charge is -2.32. The molecule has 0 N–H and O–H groups in total. The van der Waals surface area contributed by atoms with Gasteiger partial charge in [0, 0.05) is 31.7 Å². The van der Waals surface area contributed by atoms with Gasteiger partial charge in [0.2, 0.25) is 0 Å². The quantitative estimate of drug-likeness (QED) is 0.567. The highest BCUT2D eigenvalue weighted by molar-refractivity contribution is 6.00. The van der Waals surface area contributed by atoms with Crippen molar-refractivity contribution in [2.45, 2.75) is 19.0 Å². The lowest BCUT2D eigenvalue weighted by atomic mass is 10.1. The van der Waals surface area contributed by atoms with E-state index in [1.807, 2.05) is 18.9 Å². The molecular weight excluding hydrogens is 433 g/mol. The van der Waals surface area contributed by atoms with Crippen LogP contribution in [0.2, 0.25) is 0 Å². The van der Waals surface area contributed by atoms with Crippen LogP contribution in [0.1, 0.15) is 21.6 Å². The van der Waals surface area contributed by atoms with Crippen LogP contribution in [-0.4, -0.2) is 69.7 Å². The second kappa shape index (κ2) is 7.80. The first-order valence-electron chi connectivity index (χ1n) is 9.87. The van der Waals surface area contributed by atoms with E-state index in [2.05, 4.69) is 10.1 Å². The van der Waals surface area contributed by atoms with Crippen LogP contribution >= 0.6 is 0 Å². The molecule has 0 saturated carbocycles. The number of rotatable bonds is 3. The van der Waals surface area contributed by atoms with Crippen molar-refractivity contribution in [3.8, 4) is 11.3 Å². The lowest BCUT2D eigenvalue weighted by molar-refractivity contribution is -0.291. The van der Waals surface area contributed by atoms with Crippen molar-refractivity contribution < 1.29 is 26.7 Å². The fourth-order valence-electron chi connectivity index (χ4n) is 3.53. The predicted octanol–water partition coefficient (Wildman–Crippen LogP) is 3.75. The smallest absolute Gasteiger partial charge is 0.336 e. The molecule has 0 aliphatic carbocycles. The number of carbonyl (C=O) groups is 1. The Labute approximate surface area is 180 Å². The summed E-state index contributed by atoms with van der Waals surface area (Å²) in [5.41, 5.74) is -0.747. The van der Waals surface area contributed by atoms with E-state index in [4.69, 9.17) is 0 Å². The van der Waals surface area contributed by atoms with E-state index in [-0.39, 0.29) is 16.9 Å². The summed E-state index contributed by atoms with van der Waals surface area (Å²) < 4.78 is 69.0. The van der Waals surface area contributed by atoms with Gasteiger partial charge in [0.15, 0.2) is 5.65 Å². The monoisotopic (exact) mass is 453 g/mol. The van der Waals surface area contributed by atoms with Crippen molar-refractivity contribution in [1.82, 2.24) is 24.4 Å². The summed E-state index contributed by atoms with van der Waals surface area (Å²) in [6, 6.07) is 7.19. The highest BCUT2D eigenvalue weighted by Gasteiger charge is 2.60. The minimum Gasteiger partial charge on any atom is -0.336 e. The number of nitrogens with zero attached hydrogens (tertiary/aromatic N) is 5. The van der Waals surface area contributed by atoms with E-state index >= 15 is 0 Å². The topological polar surface area (TPSA) is 53.7 Å². The normalized spacial score (nSPS) is 16.0. The number of benzene rings is 1. The van der Waals surface area contributed by atoms with E-state index in [9.17, 15) is 26.7 Å². The van der Waals surface area contributed by atoms with Gasteiger partial charge >= 0.3 is 12.1 Å². The van der Waals surface area contributed by atoms with Crippen LogP contribution in [-0.2, 0) is 5.92 Å². The molecule has 1 aromatic carbocycles. The zero-order chi connectivity index (χ0) is 23.3. The molecule has 3 heterocycles. The van der Waals surface area contributed by atoms with Crippen molar-refractivity contribution in [1.29, 1.82) is 0 Å². The number of aryl methyl sites for hydroxylation is 1. The maximum Gasteiger partial charge on any atom is 0.459 e. The van der Waals surface area contributed by atoms with E-state index in [0.29, 0.717) is 42.3 Å². The van der Waals surface area contributed by atoms with Crippen molar-refractivity contribution in [2.24, 2.45) is 0 Å². The van der Waals surface area contributed by atoms with E-state index in [1.165, 1.54) is 4.90 Å². The second-order valence-corrected chi connectivity index (χ2v) is 7.85. The minimum atomic E-state index is -5.85. The molecule has 1 aliphatic heterocycles. The Balaban J connectivity index is 1.89. The van der Waals surface area contributed by atoms with Crippen molar-refractivity contribution in [3.63, 3.8) is 0 Å². The molecule has 0 unspecified atom stereocenters. The number of piperazine rings is 1. The van der Waals surface area contributed by atoms with Gasteiger partial charge in [0.25, 0.3) is 5.91 Å². The number of fused-ring (bicyclic) bond motifs is 1. The largest absolute Gasteiger partial charge is 0.459 e. The van der Waals surface area contributed by atoms with E-state index in [1.54, 1.807) is 24.3 Å². The van der Waals surface area contributed by atoms with E-state index in [0.717, 1.165) is 11.8 Å². The van der Waals surface area contributed by atoms with Gasteiger partial charge in [-0.15, -0.1) is 0 Å². The Morgan fingerprint density at radius 1 is 1.00 bits per heavy atom. The number of carbonyl (C=O) groups excluding carboxylic acids is 1. The van der Waals surface area contributed by atoms with Gasteiger partial charge in [-0.05, 0) is 20.0 Å². The molecule has 2 aromatic heterocycles. The summed E-state index contributed by atoms with van der Waals surface area (Å²) in [6.07, 6.45) is -4.85. The van der Waals surface area contributed by atoms with Crippen LogP contribution < -0.4 is 0 Å². The Kier molecular flexibility index (Phi) is 5.40. The molecule has 1 aliphatic rings. The van der Waals surface area contributed by atoms with Gasteiger partial charge in [0.1, 0.15) is 11.3 Å². The van der Waals surface area contributed by atoms with Crippen LogP contribution in [0.15, 0.2) is 36.5 Å². The average molecular weight is 453 g/mol. The van der Waals surface area contributed by atoms with Gasteiger partial charge in [0.05, 0.1) is 11.9 Å². The van der Waals surface area contributed by atoms with Crippen LogP contribution in [0.25, 0.3) is 16.9 Å². The van der Waals surface area contributed by atoms with Crippen LogP contribution in [0.4, 0.5) is 22.0 Å². The SMILES string of the molecule is Cc1ccc(-c2cc(C(F)(F)C(F)(F)F)n3ncc(C(=O)N4CCN(C)CC4)c3n2)cc1. The lowest BCUT2D eigenvalue weighted by Crippen LogP contribution is -2.47. The van der Waals surface area contributed by atoms with Gasteiger partial charge in [-0.1, -0.05) is 29.8 Å². The first-order valence-corrected chi connectivity index (χ1v) is 9.87. The Bertz CT molecular complexity index is 1150.